The van der Waals surface area contributed by atoms with Crippen LogP contribution in [0.5, 0.6) is 0 Å². The first kappa shape index (κ1) is 29.2. The molecule has 0 aliphatic carbocycles. The number of H-pyrrole nitrogens is 1. The SMILES string of the molecule is NC(N)=NCCCOCc1ccc(-n2cc3cc(-c4cc(CCCC(N)CO)cc(Cl)c4F)[nH]c3nc2=O)cc1. The molecular formula is C28H33ClFN7O3. The van der Waals surface area contributed by atoms with Crippen molar-refractivity contribution in [3.8, 4) is 16.9 Å². The van der Waals surface area contributed by atoms with Crippen molar-refractivity contribution in [3.63, 3.8) is 0 Å². The number of aliphatic imine (C=N–C) groups is 1. The number of halogens is 2. The third-order valence-corrected chi connectivity index (χ3v) is 6.66. The molecule has 0 amide bonds. The number of benzene rings is 2. The Kier molecular flexibility index (Phi) is 9.88. The van der Waals surface area contributed by atoms with Crippen molar-refractivity contribution >= 4 is 28.6 Å². The molecule has 0 saturated carbocycles. The van der Waals surface area contributed by atoms with Crippen molar-refractivity contribution < 1.29 is 14.2 Å². The Hall–Kier alpha value is -3.77. The van der Waals surface area contributed by atoms with Crippen LogP contribution in [0.3, 0.4) is 0 Å². The third-order valence-electron chi connectivity index (χ3n) is 6.39. The lowest BCUT2D eigenvalue weighted by Gasteiger charge is -2.10. The van der Waals surface area contributed by atoms with Crippen LogP contribution in [-0.2, 0) is 17.8 Å². The van der Waals surface area contributed by atoms with E-state index < -0.39 is 11.5 Å². The van der Waals surface area contributed by atoms with E-state index in [-0.39, 0.29) is 29.2 Å². The molecule has 2 heterocycles. The molecule has 0 bridgehead atoms. The van der Waals surface area contributed by atoms with Crippen LogP contribution in [0.15, 0.2) is 58.4 Å². The summed E-state index contributed by atoms with van der Waals surface area (Å²) in [6, 6.07) is 12.1. The molecule has 0 fully saturated rings. The number of fused-ring (bicyclic) bond motifs is 1. The summed E-state index contributed by atoms with van der Waals surface area (Å²) in [6.07, 6.45) is 4.36. The van der Waals surface area contributed by atoms with Crippen LogP contribution < -0.4 is 22.9 Å². The van der Waals surface area contributed by atoms with E-state index in [0.717, 1.165) is 17.5 Å². The molecule has 40 heavy (non-hydrogen) atoms. The highest BCUT2D eigenvalue weighted by Crippen LogP contribution is 2.31. The first-order chi connectivity index (χ1) is 19.2. The van der Waals surface area contributed by atoms with Gasteiger partial charge < -0.3 is 32.0 Å². The Morgan fingerprint density at radius 1 is 1.18 bits per heavy atom. The van der Waals surface area contributed by atoms with Crippen LogP contribution in [-0.4, -0.2) is 51.4 Å². The Bertz CT molecular complexity index is 1530. The van der Waals surface area contributed by atoms with Gasteiger partial charge in [-0.25, -0.2) is 9.18 Å². The minimum atomic E-state index is -0.562. The van der Waals surface area contributed by atoms with Gasteiger partial charge in [0.05, 0.1) is 29.6 Å². The van der Waals surface area contributed by atoms with Gasteiger partial charge in [0.15, 0.2) is 11.8 Å². The summed E-state index contributed by atoms with van der Waals surface area (Å²) in [6.45, 7) is 1.35. The highest BCUT2D eigenvalue weighted by atomic mass is 35.5. The zero-order valence-corrected chi connectivity index (χ0v) is 22.7. The molecule has 4 aromatic rings. The summed E-state index contributed by atoms with van der Waals surface area (Å²) in [7, 11) is 0. The minimum absolute atomic E-state index is 0.00276. The van der Waals surface area contributed by atoms with Gasteiger partial charge in [-0.1, -0.05) is 23.7 Å². The fourth-order valence-electron chi connectivity index (χ4n) is 4.29. The lowest BCUT2D eigenvalue weighted by atomic mass is 10.0. The first-order valence-corrected chi connectivity index (χ1v) is 13.3. The second-order valence-corrected chi connectivity index (χ2v) is 9.94. The van der Waals surface area contributed by atoms with E-state index in [0.29, 0.717) is 61.4 Å². The maximum absolute atomic E-state index is 15.0. The van der Waals surface area contributed by atoms with Gasteiger partial charge in [-0.3, -0.25) is 9.56 Å². The average Bonchev–Trinajstić information content (AvgIpc) is 3.34. The van der Waals surface area contributed by atoms with Crippen molar-refractivity contribution in [1.82, 2.24) is 14.5 Å². The van der Waals surface area contributed by atoms with Crippen molar-refractivity contribution in [1.29, 1.82) is 0 Å². The number of rotatable bonds is 13. The smallest absolute Gasteiger partial charge is 0.354 e. The van der Waals surface area contributed by atoms with E-state index in [1.807, 2.05) is 24.3 Å². The predicted octanol–water partition coefficient (Wildman–Crippen LogP) is 3.00. The molecule has 0 saturated heterocycles. The van der Waals surface area contributed by atoms with E-state index in [9.17, 15) is 4.79 Å². The Morgan fingerprint density at radius 3 is 2.67 bits per heavy atom. The van der Waals surface area contributed by atoms with Gasteiger partial charge >= 0.3 is 5.69 Å². The first-order valence-electron chi connectivity index (χ1n) is 12.9. The van der Waals surface area contributed by atoms with E-state index in [4.69, 9.17) is 38.6 Å². The number of aliphatic hydroxyl groups is 1. The van der Waals surface area contributed by atoms with E-state index in [2.05, 4.69) is 15.0 Å². The molecule has 1 atom stereocenters. The van der Waals surface area contributed by atoms with Gasteiger partial charge in [-0.15, -0.1) is 0 Å². The normalized spacial score (nSPS) is 12.1. The number of nitrogens with two attached hydrogens (primary N) is 3. The molecular weight excluding hydrogens is 537 g/mol. The highest BCUT2D eigenvalue weighted by molar-refractivity contribution is 6.31. The van der Waals surface area contributed by atoms with E-state index in [1.54, 1.807) is 24.4 Å². The van der Waals surface area contributed by atoms with Gasteiger partial charge in [0.2, 0.25) is 0 Å². The van der Waals surface area contributed by atoms with Crippen molar-refractivity contribution in [2.75, 3.05) is 19.8 Å². The standard InChI is InChI=1S/C28H33ClFN7O3/c29-23-12-18(3-1-4-20(31)15-38)11-22(25(23)30)24-13-19-14-37(28(39)36-26(19)35-24)21-7-5-17(6-8-21)16-40-10-2-9-34-27(32)33/h5-8,11-14,20,38H,1-4,9-10,15-16,31H2,(H4,32,33,34)(H,35,36,39). The number of nitrogens with one attached hydrogen (secondary N) is 1. The van der Waals surface area contributed by atoms with Gasteiger partial charge in [-0.05, 0) is 67.1 Å². The summed E-state index contributed by atoms with van der Waals surface area (Å²) in [5.41, 5.74) is 19.4. The molecule has 2 aromatic carbocycles. The fourth-order valence-corrected chi connectivity index (χ4v) is 4.53. The third kappa shape index (κ3) is 7.45. The van der Waals surface area contributed by atoms with Crippen LogP contribution in [0.2, 0.25) is 5.02 Å². The number of hydrogen-bond acceptors (Lipinski definition) is 6. The summed E-state index contributed by atoms with van der Waals surface area (Å²) >= 11 is 6.20. The molecule has 4 rings (SSSR count). The molecule has 2 aromatic heterocycles. The zero-order chi connectivity index (χ0) is 28.6. The van der Waals surface area contributed by atoms with Crippen LogP contribution in [0.25, 0.3) is 28.0 Å². The number of aryl methyl sites for hydroxylation is 1. The topological polar surface area (TPSA) is 171 Å². The van der Waals surface area contributed by atoms with Gasteiger partial charge in [0.25, 0.3) is 0 Å². The van der Waals surface area contributed by atoms with Crippen LogP contribution >= 0.6 is 11.6 Å². The number of guanidine groups is 1. The number of nitrogens with zero attached hydrogens (tertiary/aromatic N) is 3. The van der Waals surface area contributed by atoms with E-state index in [1.165, 1.54) is 4.57 Å². The monoisotopic (exact) mass is 569 g/mol. The summed E-state index contributed by atoms with van der Waals surface area (Å²) in [5.74, 6) is -0.499. The maximum atomic E-state index is 15.0. The number of ether oxygens (including phenoxy) is 1. The van der Waals surface area contributed by atoms with Gasteiger partial charge in [0, 0.05) is 36.3 Å². The molecule has 1 unspecified atom stereocenters. The van der Waals surface area contributed by atoms with Crippen LogP contribution in [0.4, 0.5) is 4.39 Å². The van der Waals surface area contributed by atoms with Crippen molar-refractivity contribution in [2.45, 2.75) is 38.3 Å². The second kappa shape index (κ2) is 13.5. The summed E-state index contributed by atoms with van der Waals surface area (Å²) in [4.78, 5) is 23.9. The second-order valence-electron chi connectivity index (χ2n) is 9.53. The fraction of sp³-hybridized carbons (Fsp3) is 0.321. The zero-order valence-electron chi connectivity index (χ0n) is 21.9. The molecule has 0 aliphatic rings. The minimum Gasteiger partial charge on any atom is -0.395 e. The molecule has 0 spiro atoms. The van der Waals surface area contributed by atoms with E-state index >= 15 is 4.39 Å². The largest absolute Gasteiger partial charge is 0.395 e. The Labute approximate surface area is 235 Å². The lowest BCUT2D eigenvalue weighted by Crippen LogP contribution is -2.24. The average molecular weight is 570 g/mol. The molecule has 12 heteroatoms. The maximum Gasteiger partial charge on any atom is 0.354 e. The molecule has 212 valence electrons. The highest BCUT2D eigenvalue weighted by Gasteiger charge is 2.16. The number of aromatic nitrogens is 3. The summed E-state index contributed by atoms with van der Waals surface area (Å²) < 4.78 is 22.1. The van der Waals surface area contributed by atoms with Crippen molar-refractivity contribution in [2.24, 2.45) is 22.2 Å². The number of aromatic amines is 1. The molecule has 10 nitrogen and oxygen atoms in total. The summed E-state index contributed by atoms with van der Waals surface area (Å²) in [5, 5.41) is 9.76. The molecule has 8 N–H and O–H groups in total. The molecule has 0 aliphatic heterocycles. The number of hydrogen-bond donors (Lipinski definition) is 5. The molecule has 0 radical (unpaired) electrons. The van der Waals surface area contributed by atoms with Crippen molar-refractivity contribution in [3.05, 3.63) is 81.1 Å². The predicted molar refractivity (Wildman–Crippen MR) is 155 cm³/mol. The van der Waals surface area contributed by atoms with Gasteiger partial charge in [-0.2, -0.15) is 4.98 Å². The Balaban J connectivity index is 1.50. The lowest BCUT2D eigenvalue weighted by molar-refractivity contribution is 0.120. The van der Waals surface area contributed by atoms with Crippen LogP contribution in [0, 0.1) is 5.82 Å². The van der Waals surface area contributed by atoms with Crippen LogP contribution in [0.1, 0.15) is 30.4 Å². The van der Waals surface area contributed by atoms with Gasteiger partial charge in [0.1, 0.15) is 5.65 Å². The Morgan fingerprint density at radius 2 is 1.95 bits per heavy atom. The quantitative estimate of drug-likeness (QED) is 0.0935. The number of aliphatic hydroxyl groups excluding tert-OH is 1.